The van der Waals surface area contributed by atoms with E-state index in [1.165, 1.54) is 6.92 Å². The largest absolute Gasteiger partial charge is 0.456 e. The van der Waals surface area contributed by atoms with Crippen LogP contribution in [0.5, 0.6) is 0 Å². The van der Waals surface area contributed by atoms with E-state index in [1.807, 2.05) is 6.92 Å². The zero-order chi connectivity index (χ0) is 14.6. The third-order valence-electron chi connectivity index (χ3n) is 3.37. The molecule has 1 aliphatic carbocycles. The molecule has 1 amide bonds. The second kappa shape index (κ2) is 6.22. The van der Waals surface area contributed by atoms with Crippen molar-refractivity contribution in [2.24, 2.45) is 11.3 Å². The minimum Gasteiger partial charge on any atom is -0.456 e. The number of carbonyl (C=O) groups excluding carboxylic acids is 2. The van der Waals surface area contributed by atoms with Gasteiger partial charge in [0.2, 0.25) is 0 Å². The summed E-state index contributed by atoms with van der Waals surface area (Å²) in [6.07, 6.45) is 4.18. The molecule has 19 heavy (non-hydrogen) atoms. The Morgan fingerprint density at radius 3 is 2.58 bits per heavy atom. The van der Waals surface area contributed by atoms with Gasteiger partial charge in [0.1, 0.15) is 0 Å². The van der Waals surface area contributed by atoms with Gasteiger partial charge in [0.15, 0.2) is 6.61 Å². The molecule has 0 spiro atoms. The van der Waals surface area contributed by atoms with E-state index in [1.54, 1.807) is 4.90 Å². The van der Waals surface area contributed by atoms with Crippen LogP contribution < -0.4 is 0 Å². The van der Waals surface area contributed by atoms with Crippen LogP contribution in [-0.4, -0.2) is 29.9 Å². The molecule has 0 fully saturated rings. The zero-order valence-electron chi connectivity index (χ0n) is 12.7. The van der Waals surface area contributed by atoms with Crippen molar-refractivity contribution in [3.8, 4) is 0 Å². The summed E-state index contributed by atoms with van der Waals surface area (Å²) in [6, 6.07) is 0. The third kappa shape index (κ3) is 4.69. The topological polar surface area (TPSA) is 46.6 Å². The molecule has 0 aromatic heterocycles. The first kappa shape index (κ1) is 15.7. The number of hydrogen-bond donors (Lipinski definition) is 0. The van der Waals surface area contributed by atoms with Gasteiger partial charge in [0.25, 0.3) is 5.91 Å². The Morgan fingerprint density at radius 1 is 1.47 bits per heavy atom. The average Bonchev–Trinajstić information content (AvgIpc) is 2.24. The van der Waals surface area contributed by atoms with Crippen LogP contribution in [0.1, 0.15) is 47.5 Å². The summed E-state index contributed by atoms with van der Waals surface area (Å²) < 4.78 is 4.80. The summed E-state index contributed by atoms with van der Waals surface area (Å²) in [7, 11) is 0. The van der Waals surface area contributed by atoms with Crippen LogP contribution in [0.4, 0.5) is 0 Å². The van der Waals surface area contributed by atoms with Gasteiger partial charge in [0, 0.05) is 19.2 Å². The molecule has 0 aromatic carbocycles. The zero-order valence-corrected chi connectivity index (χ0v) is 12.7. The maximum Gasteiger partial charge on any atom is 0.303 e. The number of hydrogen-bond acceptors (Lipinski definition) is 3. The van der Waals surface area contributed by atoms with Crippen LogP contribution in [0, 0.1) is 11.3 Å². The second-order valence-electron chi connectivity index (χ2n) is 6.10. The summed E-state index contributed by atoms with van der Waals surface area (Å²) in [5, 5.41) is 0. The predicted octanol–water partition coefficient (Wildman–Crippen LogP) is 2.74. The van der Waals surface area contributed by atoms with Crippen LogP contribution in [0.25, 0.3) is 0 Å². The van der Waals surface area contributed by atoms with Crippen molar-refractivity contribution in [1.29, 1.82) is 0 Å². The number of nitrogens with zero attached hydrogens (tertiary/aromatic N) is 1. The number of rotatable bonds is 4. The maximum atomic E-state index is 12.1. The highest BCUT2D eigenvalue weighted by molar-refractivity contribution is 5.81. The molecule has 0 aliphatic heterocycles. The SMILES string of the molecule is CCN(C(=O)COC(C)=O)C1=CC(C)CC(C)(C)C1. The Labute approximate surface area is 115 Å². The maximum absolute atomic E-state index is 12.1. The fourth-order valence-corrected chi connectivity index (χ4v) is 2.85. The van der Waals surface area contributed by atoms with Gasteiger partial charge in [-0.2, -0.15) is 0 Å². The van der Waals surface area contributed by atoms with Gasteiger partial charge in [-0.1, -0.05) is 26.8 Å². The predicted molar refractivity (Wildman–Crippen MR) is 74.3 cm³/mol. The summed E-state index contributed by atoms with van der Waals surface area (Å²) in [5.41, 5.74) is 1.27. The minimum atomic E-state index is -0.421. The number of esters is 1. The minimum absolute atomic E-state index is 0.145. The van der Waals surface area contributed by atoms with Crippen molar-refractivity contribution in [3.05, 3.63) is 11.8 Å². The van der Waals surface area contributed by atoms with Crippen molar-refractivity contribution >= 4 is 11.9 Å². The molecule has 1 rings (SSSR count). The molecule has 0 N–H and O–H groups in total. The van der Waals surface area contributed by atoms with E-state index in [9.17, 15) is 9.59 Å². The monoisotopic (exact) mass is 267 g/mol. The van der Waals surface area contributed by atoms with E-state index in [-0.39, 0.29) is 17.9 Å². The molecule has 108 valence electrons. The van der Waals surface area contributed by atoms with Crippen LogP contribution in [0.15, 0.2) is 11.8 Å². The number of ether oxygens (including phenoxy) is 1. The number of amides is 1. The van der Waals surface area contributed by atoms with Crippen molar-refractivity contribution in [3.63, 3.8) is 0 Å². The highest BCUT2D eigenvalue weighted by Crippen LogP contribution is 2.39. The lowest BCUT2D eigenvalue weighted by atomic mass is 9.75. The first-order valence-electron chi connectivity index (χ1n) is 6.89. The molecule has 0 saturated carbocycles. The summed E-state index contributed by atoms with van der Waals surface area (Å²) in [6.45, 7) is 10.3. The molecular weight excluding hydrogens is 242 g/mol. The molecule has 4 heteroatoms. The molecule has 4 nitrogen and oxygen atoms in total. The summed E-state index contributed by atoms with van der Waals surface area (Å²) in [4.78, 5) is 24.6. The van der Waals surface area contributed by atoms with E-state index < -0.39 is 5.97 Å². The van der Waals surface area contributed by atoms with Crippen LogP contribution >= 0.6 is 0 Å². The van der Waals surface area contributed by atoms with Crippen molar-refractivity contribution in [2.75, 3.05) is 13.2 Å². The fourth-order valence-electron chi connectivity index (χ4n) is 2.85. The molecule has 0 radical (unpaired) electrons. The molecule has 0 saturated heterocycles. The normalized spacial score (nSPS) is 21.5. The van der Waals surface area contributed by atoms with Gasteiger partial charge >= 0.3 is 5.97 Å². The molecule has 1 unspecified atom stereocenters. The van der Waals surface area contributed by atoms with E-state index >= 15 is 0 Å². The molecule has 0 heterocycles. The van der Waals surface area contributed by atoms with Gasteiger partial charge in [-0.3, -0.25) is 9.59 Å². The van der Waals surface area contributed by atoms with Gasteiger partial charge in [0.05, 0.1) is 0 Å². The summed E-state index contributed by atoms with van der Waals surface area (Å²) in [5.74, 6) is -0.0982. The first-order valence-corrected chi connectivity index (χ1v) is 6.89. The number of likely N-dealkylation sites (N-methyl/N-ethyl adjacent to an activating group) is 1. The average molecular weight is 267 g/mol. The van der Waals surface area contributed by atoms with Gasteiger partial charge < -0.3 is 9.64 Å². The first-order chi connectivity index (χ1) is 8.75. The molecule has 1 aliphatic rings. The van der Waals surface area contributed by atoms with E-state index in [0.29, 0.717) is 12.5 Å². The lowest BCUT2D eigenvalue weighted by Gasteiger charge is -2.37. The van der Waals surface area contributed by atoms with E-state index in [2.05, 4.69) is 26.8 Å². The lowest BCUT2D eigenvalue weighted by molar-refractivity contribution is -0.149. The van der Waals surface area contributed by atoms with Crippen molar-refractivity contribution in [1.82, 2.24) is 4.90 Å². The third-order valence-corrected chi connectivity index (χ3v) is 3.37. The lowest BCUT2D eigenvalue weighted by Crippen LogP contribution is -2.37. The highest BCUT2D eigenvalue weighted by atomic mass is 16.5. The fraction of sp³-hybridized carbons (Fsp3) is 0.733. The van der Waals surface area contributed by atoms with Crippen LogP contribution in [-0.2, 0) is 14.3 Å². The van der Waals surface area contributed by atoms with E-state index in [0.717, 1.165) is 18.5 Å². The quantitative estimate of drug-likeness (QED) is 0.736. The van der Waals surface area contributed by atoms with Gasteiger partial charge in [-0.05, 0) is 31.1 Å². The molecular formula is C15H25NO3. The standard InChI is InChI=1S/C15H25NO3/c1-6-16(14(18)10-19-12(3)17)13-7-11(2)8-15(4,5)9-13/h7,11H,6,8-10H2,1-5H3. The van der Waals surface area contributed by atoms with Gasteiger partial charge in [-0.15, -0.1) is 0 Å². The number of allylic oxidation sites excluding steroid dienone is 2. The summed E-state index contributed by atoms with van der Waals surface area (Å²) >= 11 is 0. The Hall–Kier alpha value is -1.32. The Morgan fingerprint density at radius 2 is 2.11 bits per heavy atom. The van der Waals surface area contributed by atoms with Crippen LogP contribution in [0.3, 0.4) is 0 Å². The Kier molecular flexibility index (Phi) is 5.15. The Balaban J connectivity index is 2.79. The second-order valence-corrected chi connectivity index (χ2v) is 6.10. The smallest absolute Gasteiger partial charge is 0.303 e. The molecule has 0 aromatic rings. The highest BCUT2D eigenvalue weighted by Gasteiger charge is 2.30. The van der Waals surface area contributed by atoms with Crippen molar-refractivity contribution < 1.29 is 14.3 Å². The van der Waals surface area contributed by atoms with Crippen LogP contribution in [0.2, 0.25) is 0 Å². The van der Waals surface area contributed by atoms with Gasteiger partial charge in [-0.25, -0.2) is 0 Å². The number of carbonyl (C=O) groups is 2. The molecule has 1 atom stereocenters. The van der Waals surface area contributed by atoms with Crippen molar-refractivity contribution in [2.45, 2.75) is 47.5 Å². The van der Waals surface area contributed by atoms with E-state index in [4.69, 9.17) is 4.74 Å². The molecule has 0 bridgehead atoms. The Bertz CT molecular complexity index is 385.